The second-order valence-electron chi connectivity index (χ2n) is 7.03. The topological polar surface area (TPSA) is 21.6 Å². The maximum Gasteiger partial charge on any atom is 0.270 e. The number of aryl methyl sites for hydroxylation is 1. The van der Waals surface area contributed by atoms with Gasteiger partial charge in [-0.05, 0) is 51.0 Å². The lowest BCUT2D eigenvalue weighted by Gasteiger charge is -2.11. The molecule has 2 aromatic rings. The van der Waals surface area contributed by atoms with Crippen LogP contribution in [-0.4, -0.2) is 5.71 Å². The van der Waals surface area contributed by atoms with Crippen LogP contribution >= 0.6 is 0 Å². The van der Waals surface area contributed by atoms with Crippen LogP contribution in [0.1, 0.15) is 49.9 Å². The molecule has 4 heteroatoms. The Morgan fingerprint density at radius 2 is 1.74 bits per heavy atom. The summed E-state index contributed by atoms with van der Waals surface area (Å²) in [5.41, 5.74) is 5.36. The number of ether oxygens (including phenoxy) is 1. The molecule has 1 heterocycles. The van der Waals surface area contributed by atoms with Gasteiger partial charge in [0, 0.05) is 18.1 Å². The van der Waals surface area contributed by atoms with Crippen molar-refractivity contribution < 1.29 is 13.5 Å². The fourth-order valence-corrected chi connectivity index (χ4v) is 3.00. The Bertz CT molecular complexity index is 957. The molecule has 0 bridgehead atoms. The first kappa shape index (κ1) is 19.0. The highest BCUT2D eigenvalue weighted by molar-refractivity contribution is 6.17. The van der Waals surface area contributed by atoms with Crippen molar-refractivity contribution in [3.63, 3.8) is 0 Å². The second kappa shape index (κ2) is 7.10. The molecule has 27 heavy (non-hydrogen) atoms. The average molecular weight is 367 g/mol. The van der Waals surface area contributed by atoms with Crippen LogP contribution in [0, 0.1) is 6.92 Å². The minimum atomic E-state index is -2.86. The Balaban J connectivity index is 2.07. The van der Waals surface area contributed by atoms with Crippen molar-refractivity contribution in [1.82, 2.24) is 0 Å². The summed E-state index contributed by atoms with van der Waals surface area (Å²) in [5.74, 6) is -1.33. The van der Waals surface area contributed by atoms with E-state index in [2.05, 4.69) is 6.07 Å². The number of halogens is 2. The second-order valence-corrected chi connectivity index (χ2v) is 7.03. The summed E-state index contributed by atoms with van der Waals surface area (Å²) in [6.07, 6.45) is 1.88. The van der Waals surface area contributed by atoms with Gasteiger partial charge in [0.25, 0.3) is 5.92 Å². The lowest BCUT2D eigenvalue weighted by atomic mass is 10.0. The highest BCUT2D eigenvalue weighted by atomic mass is 19.3. The van der Waals surface area contributed by atoms with Gasteiger partial charge < -0.3 is 4.74 Å². The summed E-state index contributed by atoms with van der Waals surface area (Å²) in [4.78, 5) is 4.85. The molecule has 0 unspecified atom stereocenters. The minimum absolute atomic E-state index is 0.00971. The van der Waals surface area contributed by atoms with Crippen molar-refractivity contribution in [3.05, 3.63) is 82.1 Å². The van der Waals surface area contributed by atoms with Gasteiger partial charge in [0.2, 0.25) is 0 Å². The zero-order valence-corrected chi connectivity index (χ0v) is 16.2. The summed E-state index contributed by atoms with van der Waals surface area (Å²) in [7, 11) is 0. The van der Waals surface area contributed by atoms with Gasteiger partial charge in [0.1, 0.15) is 11.5 Å². The average Bonchev–Trinajstić information content (AvgIpc) is 2.97. The van der Waals surface area contributed by atoms with E-state index in [1.807, 2.05) is 45.9 Å². The molecule has 0 saturated carbocycles. The van der Waals surface area contributed by atoms with Crippen LogP contribution in [0.3, 0.4) is 0 Å². The molecule has 0 N–H and O–H groups in total. The summed E-state index contributed by atoms with van der Waals surface area (Å²) < 4.78 is 33.0. The van der Waals surface area contributed by atoms with E-state index in [-0.39, 0.29) is 5.56 Å². The van der Waals surface area contributed by atoms with Crippen LogP contribution < -0.4 is 4.74 Å². The molecule has 1 aliphatic rings. The van der Waals surface area contributed by atoms with E-state index in [0.29, 0.717) is 5.70 Å². The van der Waals surface area contributed by atoms with Crippen molar-refractivity contribution >= 4 is 11.4 Å². The molecule has 0 saturated heterocycles. The quantitative estimate of drug-likeness (QED) is 0.595. The van der Waals surface area contributed by atoms with Crippen LogP contribution in [0.5, 0.6) is 5.75 Å². The van der Waals surface area contributed by atoms with Gasteiger partial charge in [0.05, 0.1) is 5.70 Å². The molecule has 0 spiro atoms. The van der Waals surface area contributed by atoms with E-state index in [0.717, 1.165) is 46.4 Å². The maximum absolute atomic E-state index is 13.5. The summed E-state index contributed by atoms with van der Waals surface area (Å²) >= 11 is 0. The molecule has 2 nitrogen and oxygen atoms in total. The Hall–Kier alpha value is -2.75. The van der Waals surface area contributed by atoms with E-state index >= 15 is 0 Å². The number of hydrogen-bond acceptors (Lipinski definition) is 2. The molecular weight excluding hydrogens is 344 g/mol. The predicted molar refractivity (Wildman–Crippen MR) is 106 cm³/mol. The number of fused-ring (bicyclic) bond motifs is 1. The van der Waals surface area contributed by atoms with E-state index in [1.54, 1.807) is 12.1 Å². The Labute approximate surface area is 158 Å². The first-order valence-electron chi connectivity index (χ1n) is 8.91. The lowest BCUT2D eigenvalue weighted by molar-refractivity contribution is 0.0175. The molecular formula is C23H23F2NO. The van der Waals surface area contributed by atoms with Crippen LogP contribution in [0.2, 0.25) is 0 Å². The van der Waals surface area contributed by atoms with E-state index in [9.17, 15) is 8.78 Å². The number of aliphatic imine (C=N–C) groups is 1. The Morgan fingerprint density at radius 3 is 2.30 bits per heavy atom. The largest absolute Gasteiger partial charge is 0.454 e. The van der Waals surface area contributed by atoms with Gasteiger partial charge >= 0.3 is 0 Å². The van der Waals surface area contributed by atoms with Crippen molar-refractivity contribution in [1.29, 1.82) is 0 Å². The standard InChI is InChI=1S/C23H23F2NO/c1-6-19(16-8-10-17(11-9-16)23(5,24)25)26-21-18-13-15(4)7-12-20(18)27-22(21)14(2)3/h6-13H,1-5H3/b19-6+,26-21?. The van der Waals surface area contributed by atoms with Gasteiger partial charge in [-0.25, -0.2) is 13.8 Å². The maximum atomic E-state index is 13.5. The Morgan fingerprint density at radius 1 is 1.07 bits per heavy atom. The molecule has 0 amide bonds. The van der Waals surface area contributed by atoms with Gasteiger partial charge in [-0.15, -0.1) is 0 Å². The molecule has 140 valence electrons. The van der Waals surface area contributed by atoms with Crippen molar-refractivity contribution in [3.8, 4) is 5.75 Å². The van der Waals surface area contributed by atoms with Crippen LogP contribution in [-0.2, 0) is 5.92 Å². The fraction of sp³-hybridized carbons (Fsp3) is 0.261. The number of nitrogens with zero attached hydrogens (tertiary/aromatic N) is 1. The molecule has 3 rings (SSSR count). The fourth-order valence-electron chi connectivity index (χ4n) is 3.00. The zero-order chi connectivity index (χ0) is 19.8. The van der Waals surface area contributed by atoms with Gasteiger partial charge in [-0.2, -0.15) is 0 Å². The Kier molecular flexibility index (Phi) is 5.01. The monoisotopic (exact) mass is 367 g/mol. The third-order valence-corrected chi connectivity index (χ3v) is 4.46. The number of allylic oxidation sites excluding steroid dienone is 3. The molecule has 1 aliphatic heterocycles. The SMILES string of the molecule is C/C=C(/N=C1C(=C(C)C)Oc2ccc(C)cc21)c1ccc(C(C)(F)F)cc1. The highest BCUT2D eigenvalue weighted by Gasteiger charge is 2.27. The molecule has 0 radical (unpaired) electrons. The summed E-state index contributed by atoms with van der Waals surface area (Å²) in [5, 5.41) is 0. The summed E-state index contributed by atoms with van der Waals surface area (Å²) in [6, 6.07) is 12.3. The van der Waals surface area contributed by atoms with Crippen molar-refractivity contribution in [2.75, 3.05) is 0 Å². The van der Waals surface area contributed by atoms with Crippen LogP contribution in [0.25, 0.3) is 5.70 Å². The lowest BCUT2D eigenvalue weighted by Crippen LogP contribution is -2.06. The van der Waals surface area contributed by atoms with Crippen molar-refractivity contribution in [2.45, 2.75) is 40.5 Å². The van der Waals surface area contributed by atoms with Gasteiger partial charge in [0.15, 0.2) is 5.76 Å². The number of alkyl halides is 2. The third kappa shape index (κ3) is 3.85. The summed E-state index contributed by atoms with van der Waals surface area (Å²) in [6.45, 7) is 8.78. The van der Waals surface area contributed by atoms with Crippen LogP contribution in [0.4, 0.5) is 8.78 Å². The number of benzene rings is 2. The first-order valence-corrected chi connectivity index (χ1v) is 8.91. The normalized spacial score (nSPS) is 15.7. The molecule has 0 atom stereocenters. The number of hydrogen-bond donors (Lipinski definition) is 0. The minimum Gasteiger partial charge on any atom is -0.454 e. The number of rotatable bonds is 3. The van der Waals surface area contributed by atoms with Gasteiger partial charge in [-0.1, -0.05) is 42.0 Å². The van der Waals surface area contributed by atoms with E-state index < -0.39 is 5.92 Å². The molecule has 0 aromatic heterocycles. The van der Waals surface area contributed by atoms with Crippen molar-refractivity contribution in [2.24, 2.45) is 4.99 Å². The zero-order valence-electron chi connectivity index (χ0n) is 16.2. The smallest absolute Gasteiger partial charge is 0.270 e. The first-order chi connectivity index (χ1) is 12.7. The van der Waals surface area contributed by atoms with E-state index in [1.165, 1.54) is 12.1 Å². The van der Waals surface area contributed by atoms with E-state index in [4.69, 9.17) is 9.73 Å². The molecule has 2 aromatic carbocycles. The highest BCUT2D eigenvalue weighted by Crippen LogP contribution is 2.35. The predicted octanol–water partition coefficient (Wildman–Crippen LogP) is 6.64. The molecule has 0 aliphatic carbocycles. The van der Waals surface area contributed by atoms with Gasteiger partial charge in [-0.3, -0.25) is 0 Å². The van der Waals surface area contributed by atoms with Crippen LogP contribution in [0.15, 0.2) is 64.9 Å². The molecule has 0 fully saturated rings. The third-order valence-electron chi connectivity index (χ3n) is 4.46.